The van der Waals surface area contributed by atoms with Crippen LogP contribution in [0, 0.1) is 11.3 Å². The maximum absolute atomic E-state index is 9.33. The Balaban J connectivity index is 1.85. The molecule has 2 aromatic rings. The lowest BCUT2D eigenvalue weighted by molar-refractivity contribution is 0.521. The van der Waals surface area contributed by atoms with Gasteiger partial charge in [-0.05, 0) is 36.1 Å². The molecule has 100 valence electrons. The van der Waals surface area contributed by atoms with Crippen LogP contribution in [0.25, 0.3) is 11.6 Å². The van der Waals surface area contributed by atoms with Gasteiger partial charge in [-0.15, -0.1) is 0 Å². The number of hydrogen-bond acceptors (Lipinski definition) is 1. The molecule has 3 rings (SSSR count). The predicted octanol–water partition coefficient (Wildman–Crippen LogP) is 4.67. The topological polar surface area (TPSA) is 28.7 Å². The van der Waals surface area contributed by atoms with Gasteiger partial charge in [-0.2, -0.15) is 5.26 Å². The standard InChI is InChI=1S/C18H18N2/c19-13-17(16-6-2-1-3-7-16)12-15-10-11-20(14-15)18-8-4-5-9-18/h1-3,6-7,10-12,14,18H,4-5,8-9H2/b17-12-. The Labute approximate surface area is 120 Å². The highest BCUT2D eigenvalue weighted by molar-refractivity contribution is 5.89. The molecule has 1 aromatic heterocycles. The van der Waals surface area contributed by atoms with Gasteiger partial charge >= 0.3 is 0 Å². The van der Waals surface area contributed by atoms with Crippen LogP contribution in [0.5, 0.6) is 0 Å². The van der Waals surface area contributed by atoms with Gasteiger partial charge in [0.25, 0.3) is 0 Å². The molecule has 2 nitrogen and oxygen atoms in total. The molecule has 2 heteroatoms. The molecule has 1 aliphatic carbocycles. The first-order valence-electron chi connectivity index (χ1n) is 7.21. The van der Waals surface area contributed by atoms with Crippen LogP contribution >= 0.6 is 0 Å². The Morgan fingerprint density at radius 1 is 1.15 bits per heavy atom. The van der Waals surface area contributed by atoms with Gasteiger partial charge in [0.15, 0.2) is 0 Å². The largest absolute Gasteiger partial charge is 0.351 e. The van der Waals surface area contributed by atoms with E-state index in [4.69, 9.17) is 0 Å². The van der Waals surface area contributed by atoms with Crippen molar-refractivity contribution in [2.24, 2.45) is 0 Å². The number of hydrogen-bond donors (Lipinski definition) is 0. The van der Waals surface area contributed by atoms with Gasteiger partial charge in [-0.3, -0.25) is 0 Å². The minimum atomic E-state index is 0.652. The zero-order valence-corrected chi connectivity index (χ0v) is 11.5. The van der Waals surface area contributed by atoms with Gasteiger partial charge in [-0.1, -0.05) is 43.2 Å². The first-order valence-corrected chi connectivity index (χ1v) is 7.21. The molecule has 0 unspecified atom stereocenters. The fraction of sp³-hybridized carbons (Fsp3) is 0.278. The minimum absolute atomic E-state index is 0.652. The van der Waals surface area contributed by atoms with Crippen molar-refractivity contribution in [1.29, 1.82) is 5.26 Å². The molecule has 0 atom stereocenters. The highest BCUT2D eigenvalue weighted by atomic mass is 15.0. The van der Waals surface area contributed by atoms with E-state index >= 15 is 0 Å². The molecule has 0 radical (unpaired) electrons. The fourth-order valence-corrected chi connectivity index (χ4v) is 2.91. The van der Waals surface area contributed by atoms with Crippen LogP contribution in [0.2, 0.25) is 0 Å². The summed E-state index contributed by atoms with van der Waals surface area (Å²) in [5, 5.41) is 9.33. The highest BCUT2D eigenvalue weighted by Gasteiger charge is 2.16. The maximum Gasteiger partial charge on any atom is 0.0998 e. The van der Waals surface area contributed by atoms with Crippen molar-refractivity contribution in [2.45, 2.75) is 31.7 Å². The van der Waals surface area contributed by atoms with E-state index in [1.54, 1.807) is 0 Å². The van der Waals surface area contributed by atoms with Crippen molar-refractivity contribution in [3.63, 3.8) is 0 Å². The molecule has 0 spiro atoms. The van der Waals surface area contributed by atoms with Crippen molar-refractivity contribution >= 4 is 11.6 Å². The summed E-state index contributed by atoms with van der Waals surface area (Å²) in [5.41, 5.74) is 2.80. The molecule has 0 saturated heterocycles. The summed E-state index contributed by atoms with van der Waals surface area (Å²) in [6.45, 7) is 0. The lowest BCUT2D eigenvalue weighted by atomic mass is 10.1. The van der Waals surface area contributed by atoms with Crippen LogP contribution in [0.4, 0.5) is 0 Å². The first-order chi connectivity index (χ1) is 9.86. The van der Waals surface area contributed by atoms with Gasteiger partial charge in [0.2, 0.25) is 0 Å². The molecule has 1 aromatic carbocycles. The normalized spacial score (nSPS) is 16.2. The second-order valence-corrected chi connectivity index (χ2v) is 5.37. The average molecular weight is 262 g/mol. The molecular formula is C18H18N2. The quantitative estimate of drug-likeness (QED) is 0.739. The minimum Gasteiger partial charge on any atom is -0.351 e. The van der Waals surface area contributed by atoms with Crippen LogP contribution in [0.3, 0.4) is 0 Å². The Morgan fingerprint density at radius 3 is 2.60 bits per heavy atom. The molecule has 0 amide bonds. The van der Waals surface area contributed by atoms with Crippen LogP contribution in [-0.4, -0.2) is 4.57 Å². The Kier molecular flexibility index (Phi) is 3.69. The van der Waals surface area contributed by atoms with E-state index in [1.165, 1.54) is 25.7 Å². The van der Waals surface area contributed by atoms with E-state index in [0.717, 1.165) is 16.7 Å². The van der Waals surface area contributed by atoms with Gasteiger partial charge in [-0.25, -0.2) is 0 Å². The lowest BCUT2D eigenvalue weighted by Crippen LogP contribution is -2.00. The third-order valence-corrected chi connectivity index (χ3v) is 4.00. The second-order valence-electron chi connectivity index (χ2n) is 5.37. The Hall–Kier alpha value is -2.27. The number of nitrogens with zero attached hydrogens (tertiary/aromatic N) is 2. The highest BCUT2D eigenvalue weighted by Crippen LogP contribution is 2.30. The summed E-state index contributed by atoms with van der Waals surface area (Å²) in [4.78, 5) is 0. The monoisotopic (exact) mass is 262 g/mol. The van der Waals surface area contributed by atoms with Crippen LogP contribution < -0.4 is 0 Å². The fourth-order valence-electron chi connectivity index (χ4n) is 2.91. The zero-order chi connectivity index (χ0) is 13.8. The predicted molar refractivity (Wildman–Crippen MR) is 81.9 cm³/mol. The number of nitriles is 1. The summed E-state index contributed by atoms with van der Waals surface area (Å²) in [7, 11) is 0. The van der Waals surface area contributed by atoms with E-state index in [9.17, 15) is 5.26 Å². The van der Waals surface area contributed by atoms with Crippen molar-refractivity contribution in [3.05, 3.63) is 59.9 Å². The van der Waals surface area contributed by atoms with Gasteiger partial charge in [0, 0.05) is 18.4 Å². The molecule has 1 saturated carbocycles. The van der Waals surface area contributed by atoms with E-state index in [-0.39, 0.29) is 0 Å². The zero-order valence-electron chi connectivity index (χ0n) is 11.5. The molecule has 0 aliphatic heterocycles. The molecule has 1 fully saturated rings. The van der Waals surface area contributed by atoms with Crippen LogP contribution in [0.15, 0.2) is 48.8 Å². The maximum atomic E-state index is 9.33. The SMILES string of the molecule is N#C/C(=C/c1ccn(C2CCCC2)c1)c1ccccc1. The van der Waals surface area contributed by atoms with E-state index in [1.807, 2.05) is 36.4 Å². The second kappa shape index (κ2) is 5.79. The number of benzene rings is 1. The summed E-state index contributed by atoms with van der Waals surface area (Å²) >= 11 is 0. The van der Waals surface area contributed by atoms with Crippen LogP contribution in [0.1, 0.15) is 42.9 Å². The van der Waals surface area contributed by atoms with Crippen molar-refractivity contribution in [1.82, 2.24) is 4.57 Å². The summed E-state index contributed by atoms with van der Waals surface area (Å²) < 4.78 is 2.30. The summed E-state index contributed by atoms with van der Waals surface area (Å²) in [6, 6.07) is 14.9. The van der Waals surface area contributed by atoms with E-state index < -0.39 is 0 Å². The molecule has 0 N–H and O–H groups in total. The molecule has 1 heterocycles. The Bertz CT molecular complexity index is 638. The molecule has 0 bridgehead atoms. The summed E-state index contributed by atoms with van der Waals surface area (Å²) in [6.07, 6.45) is 11.5. The van der Waals surface area contributed by atoms with Crippen LogP contribution in [-0.2, 0) is 0 Å². The van der Waals surface area contributed by atoms with E-state index in [2.05, 4.69) is 29.1 Å². The number of aromatic nitrogens is 1. The van der Waals surface area contributed by atoms with E-state index in [0.29, 0.717) is 6.04 Å². The average Bonchev–Trinajstić information content (AvgIpc) is 3.16. The summed E-state index contributed by atoms with van der Waals surface area (Å²) in [5.74, 6) is 0. The Morgan fingerprint density at radius 2 is 1.90 bits per heavy atom. The molecule has 1 aliphatic rings. The number of allylic oxidation sites excluding steroid dienone is 1. The number of rotatable bonds is 3. The van der Waals surface area contributed by atoms with Crippen molar-refractivity contribution in [2.75, 3.05) is 0 Å². The van der Waals surface area contributed by atoms with Crippen molar-refractivity contribution < 1.29 is 0 Å². The smallest absolute Gasteiger partial charge is 0.0998 e. The molecule has 20 heavy (non-hydrogen) atoms. The van der Waals surface area contributed by atoms with Gasteiger partial charge in [0.1, 0.15) is 0 Å². The lowest BCUT2D eigenvalue weighted by Gasteiger charge is -2.10. The van der Waals surface area contributed by atoms with Crippen molar-refractivity contribution in [3.8, 4) is 6.07 Å². The molecular weight excluding hydrogens is 244 g/mol. The first kappa shape index (κ1) is 12.7. The van der Waals surface area contributed by atoms with Gasteiger partial charge in [0.05, 0.1) is 11.6 Å². The van der Waals surface area contributed by atoms with Gasteiger partial charge < -0.3 is 4.57 Å². The third-order valence-electron chi connectivity index (χ3n) is 4.00. The third kappa shape index (κ3) is 2.67.